The van der Waals surface area contributed by atoms with Gasteiger partial charge in [-0.3, -0.25) is 0 Å². The second-order valence-electron chi connectivity index (χ2n) is 3.99. The fourth-order valence-electron chi connectivity index (χ4n) is 1.70. The maximum absolute atomic E-state index is 13.2. The van der Waals surface area contributed by atoms with Crippen molar-refractivity contribution in [2.24, 2.45) is 7.05 Å². The van der Waals surface area contributed by atoms with E-state index in [1.165, 1.54) is 43.4 Å². The number of methoxy groups -OCH3 is 1. The van der Waals surface area contributed by atoms with Gasteiger partial charge in [0.2, 0.25) is 6.33 Å². The van der Waals surface area contributed by atoms with E-state index in [-0.39, 0.29) is 11.6 Å². The van der Waals surface area contributed by atoms with Gasteiger partial charge in [0.25, 0.3) is 0 Å². The third-order valence-electron chi connectivity index (χ3n) is 2.64. The molecule has 0 unspecified atom stereocenters. The molecule has 2 rings (SSSR count). The highest BCUT2D eigenvalue weighted by atomic mass is 32.2. The monoisotopic (exact) mass is 297 g/mol. The first-order valence-corrected chi connectivity index (χ1v) is 6.62. The molecular weight excluding hydrogens is 285 g/mol. The van der Waals surface area contributed by atoms with E-state index in [4.69, 9.17) is 4.74 Å². The van der Waals surface area contributed by atoms with Crippen LogP contribution in [0.15, 0.2) is 29.6 Å². The second kappa shape index (κ2) is 5.91. The molecule has 106 valence electrons. The molecule has 1 heterocycles. The van der Waals surface area contributed by atoms with Crippen molar-refractivity contribution in [1.82, 2.24) is 9.55 Å². The average molecular weight is 297 g/mol. The summed E-state index contributed by atoms with van der Waals surface area (Å²) in [5.74, 6) is 0.318. The van der Waals surface area contributed by atoms with E-state index in [1.807, 2.05) is 0 Å². The lowest BCUT2D eigenvalue weighted by Gasteiger charge is -2.08. The zero-order chi connectivity index (χ0) is 14.7. The van der Waals surface area contributed by atoms with Gasteiger partial charge in [0.05, 0.1) is 7.11 Å². The summed E-state index contributed by atoms with van der Waals surface area (Å²) >= 11 is 1.21. The van der Waals surface area contributed by atoms with Gasteiger partial charge in [-0.1, -0.05) is 11.8 Å². The molecule has 20 heavy (non-hydrogen) atoms. The van der Waals surface area contributed by atoms with Crippen LogP contribution in [0.1, 0.15) is 5.56 Å². The van der Waals surface area contributed by atoms with E-state index in [0.29, 0.717) is 22.1 Å². The van der Waals surface area contributed by atoms with Crippen LogP contribution in [-0.2, 0) is 12.8 Å². The van der Waals surface area contributed by atoms with Gasteiger partial charge in [-0.05, 0) is 28.1 Å². The van der Waals surface area contributed by atoms with Crippen molar-refractivity contribution in [2.45, 2.75) is 10.8 Å². The van der Waals surface area contributed by atoms with Crippen molar-refractivity contribution in [2.75, 3.05) is 7.11 Å². The maximum atomic E-state index is 13.2. The normalized spacial score (nSPS) is 10.6. The summed E-state index contributed by atoms with van der Waals surface area (Å²) < 4.78 is 20.0. The number of imidazole rings is 1. The maximum Gasteiger partial charge on any atom is 0.395 e. The fraction of sp³-hybridized carbons (Fsp3) is 0.250. The first-order chi connectivity index (χ1) is 9.52. The largest absolute Gasteiger partial charge is 0.496 e. The van der Waals surface area contributed by atoms with E-state index < -0.39 is 4.92 Å². The molecule has 0 radical (unpaired) electrons. The summed E-state index contributed by atoms with van der Waals surface area (Å²) in [6, 6.07) is 4.19. The van der Waals surface area contributed by atoms with Gasteiger partial charge in [-0.2, -0.15) is 0 Å². The summed E-state index contributed by atoms with van der Waals surface area (Å²) in [7, 11) is 3.17. The molecule has 0 aliphatic carbocycles. The van der Waals surface area contributed by atoms with Gasteiger partial charge >= 0.3 is 5.82 Å². The molecule has 1 aromatic heterocycles. The number of hydrogen-bond acceptors (Lipinski definition) is 5. The standard InChI is InChI=1S/C12H12FN3O3S/c1-15-7-14-11(16(17)18)12(15)20-6-8-5-9(13)3-4-10(8)19-2/h3-5,7H,6H2,1-2H3. The number of hydrogen-bond donors (Lipinski definition) is 0. The van der Waals surface area contributed by atoms with E-state index in [9.17, 15) is 14.5 Å². The molecule has 0 aliphatic rings. The minimum Gasteiger partial charge on any atom is -0.496 e. The predicted molar refractivity (Wildman–Crippen MR) is 72.4 cm³/mol. The quantitative estimate of drug-likeness (QED) is 0.482. The Hall–Kier alpha value is -2.09. The Labute approximate surface area is 118 Å². The van der Waals surface area contributed by atoms with Gasteiger partial charge < -0.3 is 19.4 Å². The van der Waals surface area contributed by atoms with Gasteiger partial charge in [0, 0.05) is 18.4 Å². The Morgan fingerprint density at radius 2 is 2.30 bits per heavy atom. The van der Waals surface area contributed by atoms with Crippen molar-refractivity contribution >= 4 is 17.6 Å². The van der Waals surface area contributed by atoms with Crippen molar-refractivity contribution < 1.29 is 14.1 Å². The van der Waals surface area contributed by atoms with Crippen LogP contribution >= 0.6 is 11.8 Å². The highest BCUT2D eigenvalue weighted by molar-refractivity contribution is 7.98. The zero-order valence-corrected chi connectivity index (χ0v) is 11.7. The molecule has 0 amide bonds. The van der Waals surface area contributed by atoms with Crippen molar-refractivity contribution in [3.63, 3.8) is 0 Å². The molecule has 0 saturated heterocycles. The molecule has 0 saturated carbocycles. The number of rotatable bonds is 5. The van der Waals surface area contributed by atoms with Crippen LogP contribution in [0.2, 0.25) is 0 Å². The SMILES string of the molecule is COc1ccc(F)cc1CSc1c([N+](=O)[O-])ncn1C. The van der Waals surface area contributed by atoms with Gasteiger partial charge in [-0.15, -0.1) is 0 Å². The number of aromatic nitrogens is 2. The van der Waals surface area contributed by atoms with Crippen LogP contribution in [0.3, 0.4) is 0 Å². The highest BCUT2D eigenvalue weighted by Crippen LogP contribution is 2.32. The number of thioether (sulfide) groups is 1. The minimum atomic E-state index is -0.537. The van der Waals surface area contributed by atoms with Gasteiger partial charge in [0.1, 0.15) is 11.6 Å². The summed E-state index contributed by atoms with van der Waals surface area (Å²) in [4.78, 5) is 14.0. The first-order valence-electron chi connectivity index (χ1n) is 5.64. The Bertz CT molecular complexity index is 645. The van der Waals surface area contributed by atoms with E-state index in [1.54, 1.807) is 11.6 Å². The van der Waals surface area contributed by atoms with E-state index in [0.717, 1.165) is 0 Å². The Kier molecular flexibility index (Phi) is 4.23. The molecule has 0 N–H and O–H groups in total. The topological polar surface area (TPSA) is 70.2 Å². The average Bonchev–Trinajstić information content (AvgIpc) is 2.78. The molecule has 0 aliphatic heterocycles. The Morgan fingerprint density at radius 1 is 1.55 bits per heavy atom. The fourth-order valence-corrected chi connectivity index (χ4v) is 2.73. The molecule has 0 fully saturated rings. The first kappa shape index (κ1) is 14.3. The second-order valence-corrected chi connectivity index (χ2v) is 4.95. The van der Waals surface area contributed by atoms with Crippen LogP contribution < -0.4 is 4.74 Å². The number of nitro groups is 1. The van der Waals surface area contributed by atoms with Crippen molar-refractivity contribution in [3.05, 3.63) is 46.0 Å². The van der Waals surface area contributed by atoms with Crippen molar-refractivity contribution in [1.29, 1.82) is 0 Å². The third-order valence-corrected chi connectivity index (χ3v) is 3.84. The molecule has 8 heteroatoms. The Balaban J connectivity index is 2.23. The summed E-state index contributed by atoms with van der Waals surface area (Å²) in [6.45, 7) is 0. The summed E-state index contributed by atoms with van der Waals surface area (Å²) in [6.07, 6.45) is 1.38. The van der Waals surface area contributed by atoms with Gasteiger partial charge in [0.15, 0.2) is 5.03 Å². The van der Waals surface area contributed by atoms with Crippen LogP contribution in [-0.4, -0.2) is 21.6 Å². The molecule has 2 aromatic rings. The molecule has 0 spiro atoms. The number of benzene rings is 1. The molecule has 1 aromatic carbocycles. The number of aryl methyl sites for hydroxylation is 1. The number of ether oxygens (including phenoxy) is 1. The lowest BCUT2D eigenvalue weighted by Crippen LogP contribution is -1.96. The summed E-state index contributed by atoms with van der Waals surface area (Å²) in [5, 5.41) is 11.3. The third kappa shape index (κ3) is 2.90. The number of halogens is 1. The zero-order valence-electron chi connectivity index (χ0n) is 10.9. The Morgan fingerprint density at radius 3 is 2.95 bits per heavy atom. The highest BCUT2D eigenvalue weighted by Gasteiger charge is 2.20. The molecule has 0 bridgehead atoms. The van der Waals surface area contributed by atoms with Crippen LogP contribution in [0.5, 0.6) is 5.75 Å². The predicted octanol–water partition coefficient (Wildman–Crippen LogP) is 2.77. The van der Waals surface area contributed by atoms with Crippen molar-refractivity contribution in [3.8, 4) is 5.75 Å². The van der Waals surface area contributed by atoms with Crippen LogP contribution in [0.4, 0.5) is 10.2 Å². The molecule has 6 nitrogen and oxygen atoms in total. The smallest absolute Gasteiger partial charge is 0.395 e. The number of nitrogens with zero attached hydrogens (tertiary/aromatic N) is 3. The molecule has 0 atom stereocenters. The van der Waals surface area contributed by atoms with Crippen LogP contribution in [0.25, 0.3) is 0 Å². The van der Waals surface area contributed by atoms with E-state index >= 15 is 0 Å². The van der Waals surface area contributed by atoms with E-state index in [2.05, 4.69) is 4.98 Å². The lowest BCUT2D eigenvalue weighted by molar-refractivity contribution is -0.392. The van der Waals surface area contributed by atoms with Gasteiger partial charge in [-0.25, -0.2) is 4.39 Å². The molecular formula is C12H12FN3O3S. The minimum absolute atomic E-state index is 0.201. The lowest BCUT2D eigenvalue weighted by atomic mass is 10.2. The van der Waals surface area contributed by atoms with Crippen LogP contribution in [0, 0.1) is 15.9 Å². The summed E-state index contributed by atoms with van der Waals surface area (Å²) in [5.41, 5.74) is 0.632.